The van der Waals surface area contributed by atoms with E-state index >= 15 is 0 Å². The summed E-state index contributed by atoms with van der Waals surface area (Å²) in [5.41, 5.74) is 0. The quantitative estimate of drug-likeness (QED) is 0.123. The van der Waals surface area contributed by atoms with E-state index in [1.807, 2.05) is 13.8 Å². The minimum atomic E-state index is 0. The van der Waals surface area contributed by atoms with Crippen molar-refractivity contribution in [3.05, 3.63) is 52.6 Å². The van der Waals surface area contributed by atoms with Crippen LogP contribution in [0.5, 0.6) is 0 Å². The van der Waals surface area contributed by atoms with Crippen LogP contribution in [0.3, 0.4) is 0 Å². The normalized spacial score (nSPS) is 14.5. The van der Waals surface area contributed by atoms with Crippen LogP contribution in [0.15, 0.2) is 52.6 Å². The van der Waals surface area contributed by atoms with Crippen molar-refractivity contribution < 1.29 is 21.1 Å². The zero-order valence-corrected chi connectivity index (χ0v) is 32.3. The first-order valence-electron chi connectivity index (χ1n) is 13.5. The van der Waals surface area contributed by atoms with E-state index in [1.54, 1.807) is 13.8 Å². The SMILES string of the molecule is C=C.C=C.C=C.C=C.CC.CC#CC#CC#CC.CC1CCC(C(C)C)CC1.CC1CCCCC1.I.N.N#N.[Pt]. The maximum atomic E-state index is 6.00. The molecule has 0 unspecified atom stereocenters. The minimum Gasteiger partial charge on any atom is -0.344 e. The molecule has 2 fully saturated rings. The summed E-state index contributed by atoms with van der Waals surface area (Å²) in [5, 5.41) is 12.0. The van der Waals surface area contributed by atoms with Crippen LogP contribution in [0.4, 0.5) is 0 Å². The van der Waals surface area contributed by atoms with Gasteiger partial charge in [-0.1, -0.05) is 98.3 Å². The Hall–Kier alpha value is -1.56. The van der Waals surface area contributed by atoms with Gasteiger partial charge in [-0.2, -0.15) is 0 Å². The summed E-state index contributed by atoms with van der Waals surface area (Å²) in [6.07, 6.45) is 13.4. The first-order valence-corrected chi connectivity index (χ1v) is 13.5. The van der Waals surface area contributed by atoms with Crippen LogP contribution in [-0.2, 0) is 21.1 Å². The summed E-state index contributed by atoms with van der Waals surface area (Å²) >= 11 is 0. The van der Waals surface area contributed by atoms with E-state index < -0.39 is 0 Å². The van der Waals surface area contributed by atoms with Crippen molar-refractivity contribution in [3.8, 4) is 35.5 Å². The van der Waals surface area contributed by atoms with Crippen molar-refractivity contribution in [2.75, 3.05) is 0 Å². The zero-order valence-electron chi connectivity index (χ0n) is 27.7. The van der Waals surface area contributed by atoms with Crippen molar-refractivity contribution in [2.24, 2.45) is 23.7 Å². The number of hydrogen-bond donors (Lipinski definition) is 1. The third kappa shape index (κ3) is 70.7. The molecule has 0 atom stereocenters. The monoisotopic (exact) mass is 850 g/mol. The van der Waals surface area contributed by atoms with E-state index in [4.69, 9.17) is 10.8 Å². The van der Waals surface area contributed by atoms with Crippen molar-refractivity contribution in [2.45, 2.75) is 113 Å². The molecule has 5 heteroatoms. The molecule has 0 radical (unpaired) electrons. The number of nitrogens with zero attached hydrogens (tertiary/aromatic N) is 2. The third-order valence-corrected chi connectivity index (χ3v) is 5.33. The fourth-order valence-corrected chi connectivity index (χ4v) is 3.45. The summed E-state index contributed by atoms with van der Waals surface area (Å²) < 4.78 is 0. The molecule has 40 heavy (non-hydrogen) atoms. The van der Waals surface area contributed by atoms with Crippen LogP contribution in [-0.4, -0.2) is 0 Å². The van der Waals surface area contributed by atoms with Crippen LogP contribution < -0.4 is 6.15 Å². The van der Waals surface area contributed by atoms with Gasteiger partial charge in [-0.3, -0.25) is 0 Å². The van der Waals surface area contributed by atoms with Gasteiger partial charge in [-0.15, -0.1) is 76.6 Å². The Bertz CT molecular complexity index is 569. The molecule has 238 valence electrons. The molecule has 0 saturated heterocycles. The van der Waals surface area contributed by atoms with Gasteiger partial charge in [-0.05, 0) is 74.0 Å². The van der Waals surface area contributed by atoms with Gasteiger partial charge in [0, 0.05) is 31.9 Å². The Kier molecular flexibility index (Phi) is 128. The second-order valence-electron chi connectivity index (χ2n) is 8.01. The van der Waals surface area contributed by atoms with Gasteiger partial charge in [0.05, 0.1) is 0 Å². The predicted octanol–water partition coefficient (Wildman–Crippen LogP) is 12.1. The molecule has 3 N–H and O–H groups in total. The summed E-state index contributed by atoms with van der Waals surface area (Å²) in [6, 6.07) is 0. The smallest absolute Gasteiger partial charge is 0 e. The van der Waals surface area contributed by atoms with Crippen molar-refractivity contribution in [3.63, 3.8) is 0 Å². The molecule has 0 heterocycles. The summed E-state index contributed by atoms with van der Waals surface area (Å²) in [6.45, 7) is 41.0. The van der Waals surface area contributed by atoms with Gasteiger partial charge in [0.25, 0.3) is 0 Å². The van der Waals surface area contributed by atoms with Gasteiger partial charge in [0.15, 0.2) is 0 Å². The van der Waals surface area contributed by atoms with E-state index in [0.717, 1.165) is 23.7 Å². The summed E-state index contributed by atoms with van der Waals surface area (Å²) in [5.74, 6) is 19.5. The molecule has 0 spiro atoms. The molecule has 0 aromatic carbocycles. The molecule has 0 aliphatic heterocycles. The molecule has 3 nitrogen and oxygen atoms in total. The topological polar surface area (TPSA) is 82.6 Å². The molecule has 0 bridgehead atoms. The second kappa shape index (κ2) is 76.8. The van der Waals surface area contributed by atoms with Crippen LogP contribution in [0.2, 0.25) is 0 Å². The van der Waals surface area contributed by atoms with Crippen LogP contribution in [0.25, 0.3) is 0 Å². The van der Waals surface area contributed by atoms with E-state index in [2.05, 4.69) is 116 Å². The largest absolute Gasteiger partial charge is 0.344 e. The number of hydrogen-bond acceptors (Lipinski definition) is 3. The average Bonchev–Trinajstić information content (AvgIpc) is 2.99. The summed E-state index contributed by atoms with van der Waals surface area (Å²) in [7, 11) is 0. The van der Waals surface area contributed by atoms with Crippen molar-refractivity contribution in [1.29, 1.82) is 10.8 Å². The minimum absolute atomic E-state index is 0. The van der Waals surface area contributed by atoms with E-state index in [1.165, 1.54) is 57.8 Å². The van der Waals surface area contributed by atoms with Gasteiger partial charge in [-0.25, -0.2) is 0 Å². The Morgan fingerprint density at radius 3 is 1.05 bits per heavy atom. The van der Waals surface area contributed by atoms with Crippen molar-refractivity contribution in [1.82, 2.24) is 6.15 Å². The maximum Gasteiger partial charge on any atom is 0 e. The second-order valence-corrected chi connectivity index (χ2v) is 8.01. The Labute approximate surface area is 285 Å². The van der Waals surface area contributed by atoms with Crippen LogP contribution in [0.1, 0.15) is 113 Å². The predicted molar refractivity (Wildman–Crippen MR) is 193 cm³/mol. The molecule has 0 amide bonds. The zero-order chi connectivity index (χ0) is 30.9. The molecule has 0 aromatic rings. The first kappa shape index (κ1) is 66.6. The molecule has 2 saturated carbocycles. The Morgan fingerprint density at radius 1 is 0.575 bits per heavy atom. The molecule has 2 aliphatic rings. The molecular formula is C35H66IN3Pt. The fraction of sp³-hybridized carbons (Fsp3) is 0.600. The van der Waals surface area contributed by atoms with E-state index in [-0.39, 0.29) is 51.2 Å². The first-order chi connectivity index (χ1) is 18.0. The van der Waals surface area contributed by atoms with Crippen LogP contribution in [0, 0.1) is 70.0 Å². The standard InChI is InChI=1S/C10H20.C8H6.C7H14.C2H6.4C2H4.HI.N2.H3N.Pt/c1-8(2)10-6-4-9(3)5-7-10;1-3-5-7-8-6-4-2;1-7-5-3-2-4-6-7;5*1-2;;1-2;;/h8-10H,4-7H2,1-3H3;1-2H3;7H,2-6H2,1H3;1-2H3;4*1-2H2;1H;;1H3;. The van der Waals surface area contributed by atoms with Crippen molar-refractivity contribution >= 4 is 24.0 Å². The molecule has 2 aliphatic carbocycles. The maximum absolute atomic E-state index is 6.00. The molecular weight excluding hydrogens is 784 g/mol. The van der Waals surface area contributed by atoms with Gasteiger partial charge in [0.1, 0.15) is 0 Å². The third-order valence-electron chi connectivity index (χ3n) is 5.33. The summed E-state index contributed by atoms with van der Waals surface area (Å²) in [4.78, 5) is 0. The molecule has 0 aromatic heterocycles. The molecule has 2 rings (SSSR count). The van der Waals surface area contributed by atoms with Gasteiger partial charge >= 0.3 is 0 Å². The average molecular weight is 851 g/mol. The van der Waals surface area contributed by atoms with Gasteiger partial charge < -0.3 is 6.15 Å². The Morgan fingerprint density at radius 2 is 0.850 bits per heavy atom. The van der Waals surface area contributed by atoms with Crippen LogP contribution >= 0.6 is 24.0 Å². The number of rotatable bonds is 1. The fourth-order valence-electron chi connectivity index (χ4n) is 3.45. The Balaban J connectivity index is -0.0000000346. The van der Waals surface area contributed by atoms with E-state index in [0.29, 0.717) is 0 Å². The van der Waals surface area contributed by atoms with Gasteiger partial charge in [0.2, 0.25) is 0 Å². The van der Waals surface area contributed by atoms with E-state index in [9.17, 15) is 0 Å². The number of halogens is 1.